The number of carbonyl (C=O) groups excluding carboxylic acids is 1. The molecular formula is C13H19BrN2O2. The highest BCUT2D eigenvalue weighted by Crippen LogP contribution is 2.21. The van der Waals surface area contributed by atoms with Gasteiger partial charge in [-0.3, -0.25) is 4.79 Å². The average molecular weight is 315 g/mol. The number of carbonyl (C=O) groups is 1. The number of amides is 1. The molecule has 0 spiro atoms. The second-order valence-electron chi connectivity index (χ2n) is 4.78. The van der Waals surface area contributed by atoms with Gasteiger partial charge < -0.3 is 14.6 Å². The van der Waals surface area contributed by atoms with E-state index in [-0.39, 0.29) is 5.91 Å². The predicted octanol–water partition coefficient (Wildman–Crippen LogP) is 2.65. The molecule has 0 unspecified atom stereocenters. The van der Waals surface area contributed by atoms with Gasteiger partial charge in [-0.2, -0.15) is 0 Å². The van der Waals surface area contributed by atoms with E-state index in [2.05, 4.69) is 33.2 Å². The highest BCUT2D eigenvalue weighted by atomic mass is 79.9. The molecule has 0 bridgehead atoms. The normalized spacial score (nSPS) is 16.4. The second-order valence-corrected chi connectivity index (χ2v) is 5.56. The zero-order valence-electron chi connectivity index (χ0n) is 10.6. The highest BCUT2D eigenvalue weighted by Gasteiger charge is 2.19. The van der Waals surface area contributed by atoms with Crippen molar-refractivity contribution in [3.63, 3.8) is 0 Å². The van der Waals surface area contributed by atoms with E-state index in [0.717, 1.165) is 6.54 Å². The van der Waals surface area contributed by atoms with Gasteiger partial charge in [0, 0.05) is 19.1 Å². The summed E-state index contributed by atoms with van der Waals surface area (Å²) in [6, 6.07) is 4.08. The van der Waals surface area contributed by atoms with Crippen molar-refractivity contribution in [2.24, 2.45) is 0 Å². The zero-order chi connectivity index (χ0) is 13.0. The molecule has 1 heterocycles. The van der Waals surface area contributed by atoms with Crippen molar-refractivity contribution in [3.8, 4) is 0 Å². The van der Waals surface area contributed by atoms with Crippen molar-refractivity contribution >= 4 is 21.8 Å². The van der Waals surface area contributed by atoms with Crippen LogP contribution in [-0.2, 0) is 0 Å². The fourth-order valence-corrected chi connectivity index (χ4v) is 2.70. The van der Waals surface area contributed by atoms with Gasteiger partial charge in [-0.25, -0.2) is 0 Å². The van der Waals surface area contributed by atoms with E-state index >= 15 is 0 Å². The van der Waals surface area contributed by atoms with Gasteiger partial charge in [0.1, 0.15) is 0 Å². The number of nitrogens with zero attached hydrogens (tertiary/aromatic N) is 1. The number of likely N-dealkylation sites (N-methyl/N-ethyl adjacent to an activating group) is 1. The van der Waals surface area contributed by atoms with Crippen LogP contribution in [0.25, 0.3) is 0 Å². The molecule has 1 aliphatic carbocycles. The lowest BCUT2D eigenvalue weighted by Crippen LogP contribution is -2.37. The standard InChI is InChI=1S/C13H19BrN2O2/c1-16(10-4-2-3-5-10)9-8-15-13(17)11-6-7-12(14)18-11/h6-7,10H,2-5,8-9H2,1H3,(H,15,17). The van der Waals surface area contributed by atoms with Crippen molar-refractivity contribution in [2.45, 2.75) is 31.7 Å². The third-order valence-corrected chi connectivity index (χ3v) is 3.92. The zero-order valence-corrected chi connectivity index (χ0v) is 12.2. The van der Waals surface area contributed by atoms with E-state index in [0.29, 0.717) is 23.0 Å². The van der Waals surface area contributed by atoms with E-state index < -0.39 is 0 Å². The topological polar surface area (TPSA) is 45.5 Å². The van der Waals surface area contributed by atoms with Gasteiger partial charge in [0.05, 0.1) is 0 Å². The summed E-state index contributed by atoms with van der Waals surface area (Å²) in [4.78, 5) is 14.1. The Labute approximate surface area is 116 Å². The van der Waals surface area contributed by atoms with Crippen LogP contribution in [0, 0.1) is 0 Å². The van der Waals surface area contributed by atoms with Crippen molar-refractivity contribution in [2.75, 3.05) is 20.1 Å². The van der Waals surface area contributed by atoms with Crippen molar-refractivity contribution in [1.82, 2.24) is 10.2 Å². The Hall–Kier alpha value is -0.810. The first-order valence-electron chi connectivity index (χ1n) is 6.40. The van der Waals surface area contributed by atoms with Gasteiger partial charge in [0.2, 0.25) is 0 Å². The molecule has 1 saturated carbocycles. The number of halogens is 1. The molecule has 1 amide bonds. The van der Waals surface area contributed by atoms with Crippen LogP contribution < -0.4 is 5.32 Å². The Morgan fingerprint density at radius 1 is 1.50 bits per heavy atom. The fourth-order valence-electron chi connectivity index (χ4n) is 2.40. The predicted molar refractivity (Wildman–Crippen MR) is 73.6 cm³/mol. The van der Waals surface area contributed by atoms with Crippen LogP contribution in [0.5, 0.6) is 0 Å². The third-order valence-electron chi connectivity index (χ3n) is 3.50. The molecule has 100 valence electrons. The maximum atomic E-state index is 11.7. The molecule has 1 aromatic heterocycles. The molecule has 1 aliphatic rings. The Kier molecular flexibility index (Phi) is 4.83. The number of hydrogen-bond donors (Lipinski definition) is 1. The van der Waals surface area contributed by atoms with Gasteiger partial charge in [-0.1, -0.05) is 12.8 Å². The maximum Gasteiger partial charge on any atom is 0.287 e. The molecule has 1 N–H and O–H groups in total. The molecule has 0 aromatic carbocycles. The average Bonchev–Trinajstić information content (AvgIpc) is 2.99. The minimum absolute atomic E-state index is 0.152. The Balaban J connectivity index is 1.70. The summed E-state index contributed by atoms with van der Waals surface area (Å²) in [7, 11) is 2.13. The molecule has 0 radical (unpaired) electrons. The van der Waals surface area contributed by atoms with Crippen LogP contribution in [0.4, 0.5) is 0 Å². The Morgan fingerprint density at radius 3 is 2.83 bits per heavy atom. The van der Waals surface area contributed by atoms with Gasteiger partial charge in [-0.05, 0) is 48.0 Å². The lowest BCUT2D eigenvalue weighted by molar-refractivity contribution is 0.0918. The SMILES string of the molecule is CN(CCNC(=O)c1ccc(Br)o1)C1CCCC1. The van der Waals surface area contributed by atoms with Crippen LogP contribution in [0.2, 0.25) is 0 Å². The van der Waals surface area contributed by atoms with Crippen LogP contribution in [-0.4, -0.2) is 37.0 Å². The van der Waals surface area contributed by atoms with Crippen molar-refractivity contribution in [1.29, 1.82) is 0 Å². The summed E-state index contributed by atoms with van der Waals surface area (Å²) >= 11 is 3.18. The van der Waals surface area contributed by atoms with Crippen LogP contribution >= 0.6 is 15.9 Å². The quantitative estimate of drug-likeness (QED) is 0.908. The van der Waals surface area contributed by atoms with Crippen molar-refractivity contribution in [3.05, 3.63) is 22.6 Å². The minimum atomic E-state index is -0.152. The number of hydrogen-bond acceptors (Lipinski definition) is 3. The molecular weight excluding hydrogens is 296 g/mol. The maximum absolute atomic E-state index is 11.7. The molecule has 1 aromatic rings. The highest BCUT2D eigenvalue weighted by molar-refractivity contribution is 9.10. The van der Waals surface area contributed by atoms with Crippen LogP contribution in [0.1, 0.15) is 36.2 Å². The summed E-state index contributed by atoms with van der Waals surface area (Å²) in [5.74, 6) is 0.200. The smallest absolute Gasteiger partial charge is 0.287 e. The largest absolute Gasteiger partial charge is 0.444 e. The summed E-state index contributed by atoms with van der Waals surface area (Å²) in [6.45, 7) is 1.54. The molecule has 4 nitrogen and oxygen atoms in total. The molecule has 18 heavy (non-hydrogen) atoms. The van der Waals surface area contributed by atoms with E-state index in [4.69, 9.17) is 4.42 Å². The first kappa shape index (κ1) is 13.6. The first-order valence-corrected chi connectivity index (χ1v) is 7.20. The van der Waals surface area contributed by atoms with E-state index in [1.807, 2.05) is 0 Å². The van der Waals surface area contributed by atoms with Crippen LogP contribution in [0.3, 0.4) is 0 Å². The van der Waals surface area contributed by atoms with Gasteiger partial charge in [0.25, 0.3) is 5.91 Å². The molecule has 0 saturated heterocycles. The number of furan rings is 1. The lowest BCUT2D eigenvalue weighted by atomic mass is 10.2. The summed E-state index contributed by atoms with van der Waals surface area (Å²) in [5, 5.41) is 2.87. The number of rotatable bonds is 5. The van der Waals surface area contributed by atoms with E-state index in [1.165, 1.54) is 25.7 Å². The van der Waals surface area contributed by atoms with Crippen LogP contribution in [0.15, 0.2) is 21.2 Å². The van der Waals surface area contributed by atoms with Gasteiger partial charge >= 0.3 is 0 Å². The molecule has 0 atom stereocenters. The third kappa shape index (κ3) is 3.59. The summed E-state index contributed by atoms with van der Waals surface area (Å²) < 4.78 is 5.77. The monoisotopic (exact) mass is 314 g/mol. The second kappa shape index (κ2) is 6.38. The Bertz CT molecular complexity index is 399. The fraction of sp³-hybridized carbons (Fsp3) is 0.615. The number of nitrogens with one attached hydrogen (secondary N) is 1. The molecule has 1 fully saturated rings. The summed E-state index contributed by atoms with van der Waals surface area (Å²) in [5.41, 5.74) is 0. The van der Waals surface area contributed by atoms with E-state index in [9.17, 15) is 4.79 Å². The molecule has 5 heteroatoms. The summed E-state index contributed by atoms with van der Waals surface area (Å²) in [6.07, 6.45) is 5.24. The van der Waals surface area contributed by atoms with Crippen molar-refractivity contribution < 1.29 is 9.21 Å². The van der Waals surface area contributed by atoms with Gasteiger partial charge in [0.15, 0.2) is 10.4 Å². The Morgan fingerprint density at radius 2 is 2.22 bits per heavy atom. The van der Waals surface area contributed by atoms with Gasteiger partial charge in [-0.15, -0.1) is 0 Å². The minimum Gasteiger partial charge on any atom is -0.444 e. The van der Waals surface area contributed by atoms with E-state index in [1.54, 1.807) is 12.1 Å². The first-order chi connectivity index (χ1) is 8.66. The molecule has 2 rings (SSSR count). The lowest BCUT2D eigenvalue weighted by Gasteiger charge is -2.23. The molecule has 0 aliphatic heterocycles.